The van der Waals surface area contributed by atoms with E-state index in [1.54, 1.807) is 36.4 Å². The largest absolute Gasteiger partial charge is 0.493 e. The summed E-state index contributed by atoms with van der Waals surface area (Å²) in [6, 6.07) is 17.6. The Bertz CT molecular complexity index is 1370. The van der Waals surface area contributed by atoms with Crippen LogP contribution in [0.4, 0.5) is 0 Å². The van der Waals surface area contributed by atoms with Crippen molar-refractivity contribution in [3.05, 3.63) is 88.5 Å². The molecule has 1 unspecified atom stereocenters. The van der Waals surface area contributed by atoms with E-state index < -0.39 is 21.6 Å². The van der Waals surface area contributed by atoms with Crippen molar-refractivity contribution in [2.75, 3.05) is 20.8 Å². The van der Waals surface area contributed by atoms with Crippen LogP contribution in [0.25, 0.3) is 0 Å². The van der Waals surface area contributed by atoms with Crippen LogP contribution in [0.15, 0.2) is 65.6 Å². The quantitative estimate of drug-likeness (QED) is 0.548. The van der Waals surface area contributed by atoms with E-state index in [0.717, 1.165) is 16.7 Å². The number of nitrogens with zero attached hydrogens (tertiary/aromatic N) is 1. The Morgan fingerprint density at radius 3 is 2.36 bits per heavy atom. The molecular formula is C25H23NO6S. The van der Waals surface area contributed by atoms with Gasteiger partial charge in [0.05, 0.1) is 25.7 Å². The number of rotatable bonds is 4. The predicted octanol–water partition coefficient (Wildman–Crippen LogP) is 3.63. The molecule has 3 aromatic rings. The van der Waals surface area contributed by atoms with Crippen molar-refractivity contribution in [1.82, 2.24) is 4.31 Å². The Balaban J connectivity index is 1.71. The normalized spacial score (nSPS) is 19.7. The minimum absolute atomic E-state index is 0.0472. The van der Waals surface area contributed by atoms with Gasteiger partial charge < -0.3 is 14.2 Å². The van der Waals surface area contributed by atoms with Gasteiger partial charge in [-0.1, -0.05) is 42.0 Å². The number of fused-ring (bicyclic) bond motifs is 4. The van der Waals surface area contributed by atoms with E-state index >= 15 is 0 Å². The van der Waals surface area contributed by atoms with E-state index in [4.69, 9.17) is 14.2 Å². The summed E-state index contributed by atoms with van der Waals surface area (Å²) >= 11 is 0. The lowest BCUT2D eigenvalue weighted by Gasteiger charge is -2.40. The zero-order chi connectivity index (χ0) is 23.4. The molecule has 33 heavy (non-hydrogen) atoms. The maximum atomic E-state index is 13.6. The minimum Gasteiger partial charge on any atom is -0.493 e. The molecule has 8 heteroatoms. The molecule has 1 spiro atoms. The highest BCUT2D eigenvalue weighted by molar-refractivity contribution is 7.89. The van der Waals surface area contributed by atoms with Crippen LogP contribution in [-0.4, -0.2) is 39.5 Å². The second-order valence-corrected chi connectivity index (χ2v) is 10.1. The molecule has 0 saturated carbocycles. The Hall–Kier alpha value is -3.36. The Kier molecular flexibility index (Phi) is 4.95. The van der Waals surface area contributed by atoms with E-state index in [-0.39, 0.29) is 29.3 Å². The van der Waals surface area contributed by atoms with Crippen molar-refractivity contribution in [1.29, 1.82) is 0 Å². The van der Waals surface area contributed by atoms with Gasteiger partial charge in [0.25, 0.3) is 0 Å². The number of ether oxygens (including phenoxy) is 3. The summed E-state index contributed by atoms with van der Waals surface area (Å²) in [6.45, 7) is 2.03. The molecule has 0 saturated heterocycles. The summed E-state index contributed by atoms with van der Waals surface area (Å²) in [5.74, 6) is 0.0940. The average Bonchev–Trinajstić information content (AvgIpc) is 3.10. The molecule has 0 aliphatic carbocycles. The summed E-state index contributed by atoms with van der Waals surface area (Å²) in [5, 5.41) is 0. The molecule has 0 N–H and O–H groups in total. The predicted molar refractivity (Wildman–Crippen MR) is 121 cm³/mol. The van der Waals surface area contributed by atoms with E-state index in [2.05, 4.69) is 0 Å². The second kappa shape index (κ2) is 7.60. The summed E-state index contributed by atoms with van der Waals surface area (Å²) in [6.07, 6.45) is 0. The van der Waals surface area contributed by atoms with Gasteiger partial charge in [0.15, 0.2) is 17.1 Å². The molecule has 5 rings (SSSR count). The third-order valence-electron chi connectivity index (χ3n) is 6.31. The van der Waals surface area contributed by atoms with Gasteiger partial charge in [0.1, 0.15) is 5.56 Å². The van der Waals surface area contributed by atoms with Gasteiger partial charge in [-0.15, -0.1) is 0 Å². The number of carbonyl (C=O) groups is 1. The van der Waals surface area contributed by atoms with Crippen LogP contribution in [-0.2, 0) is 26.9 Å². The number of sulfonamides is 1. The number of benzene rings is 3. The maximum absolute atomic E-state index is 13.6. The fourth-order valence-corrected chi connectivity index (χ4v) is 6.15. The van der Waals surface area contributed by atoms with Gasteiger partial charge in [-0.05, 0) is 36.8 Å². The van der Waals surface area contributed by atoms with Crippen LogP contribution in [0.5, 0.6) is 11.5 Å². The molecule has 3 aromatic carbocycles. The molecular weight excluding hydrogens is 442 g/mol. The van der Waals surface area contributed by atoms with Crippen LogP contribution in [0.2, 0.25) is 0 Å². The molecule has 7 nitrogen and oxygen atoms in total. The lowest BCUT2D eigenvalue weighted by Crippen LogP contribution is -2.48. The van der Waals surface area contributed by atoms with Crippen LogP contribution in [0.1, 0.15) is 32.6 Å². The molecule has 2 heterocycles. The fraction of sp³-hybridized carbons (Fsp3) is 0.240. The average molecular weight is 466 g/mol. The van der Waals surface area contributed by atoms with Gasteiger partial charge in [-0.3, -0.25) is 0 Å². The van der Waals surface area contributed by atoms with Crippen molar-refractivity contribution >= 4 is 16.0 Å². The third-order valence-corrected chi connectivity index (χ3v) is 8.11. The molecule has 2 aliphatic heterocycles. The smallest absolute Gasteiger partial charge is 0.343 e. The topological polar surface area (TPSA) is 82.1 Å². The second-order valence-electron chi connectivity index (χ2n) is 8.18. The van der Waals surface area contributed by atoms with Gasteiger partial charge >= 0.3 is 5.97 Å². The highest BCUT2D eigenvalue weighted by Crippen LogP contribution is 2.51. The number of carbonyl (C=O) groups excluding carboxylic acids is 1. The van der Waals surface area contributed by atoms with Crippen molar-refractivity contribution < 1.29 is 27.4 Å². The van der Waals surface area contributed by atoms with Crippen LogP contribution in [0, 0.1) is 6.92 Å². The lowest BCUT2D eigenvalue weighted by molar-refractivity contribution is -0.00181. The van der Waals surface area contributed by atoms with E-state index in [1.165, 1.54) is 18.5 Å². The Morgan fingerprint density at radius 1 is 0.939 bits per heavy atom. The zero-order valence-electron chi connectivity index (χ0n) is 18.5. The highest BCUT2D eigenvalue weighted by Gasteiger charge is 2.54. The molecule has 170 valence electrons. The fourth-order valence-electron chi connectivity index (χ4n) is 4.71. The van der Waals surface area contributed by atoms with Crippen molar-refractivity contribution in [3.63, 3.8) is 0 Å². The van der Waals surface area contributed by atoms with Gasteiger partial charge in [0, 0.05) is 17.7 Å². The summed E-state index contributed by atoms with van der Waals surface area (Å²) in [7, 11) is -0.898. The van der Waals surface area contributed by atoms with Crippen molar-refractivity contribution in [3.8, 4) is 11.5 Å². The third kappa shape index (κ3) is 3.13. The van der Waals surface area contributed by atoms with Gasteiger partial charge in [0.2, 0.25) is 10.0 Å². The first kappa shape index (κ1) is 21.5. The van der Waals surface area contributed by atoms with Crippen LogP contribution in [0.3, 0.4) is 0 Å². The van der Waals surface area contributed by atoms with E-state index in [0.29, 0.717) is 11.3 Å². The van der Waals surface area contributed by atoms with E-state index in [9.17, 15) is 13.2 Å². The van der Waals surface area contributed by atoms with Gasteiger partial charge in [-0.25, -0.2) is 13.2 Å². The number of aryl methyl sites for hydroxylation is 1. The Morgan fingerprint density at radius 2 is 1.67 bits per heavy atom. The highest BCUT2D eigenvalue weighted by atomic mass is 32.2. The first-order chi connectivity index (χ1) is 15.8. The van der Waals surface area contributed by atoms with Gasteiger partial charge in [-0.2, -0.15) is 4.31 Å². The molecule has 1 atom stereocenters. The van der Waals surface area contributed by atoms with Crippen LogP contribution >= 0.6 is 0 Å². The summed E-state index contributed by atoms with van der Waals surface area (Å²) in [5.41, 5.74) is 2.02. The molecule has 2 aliphatic rings. The maximum Gasteiger partial charge on any atom is 0.343 e. The number of hydrogen-bond donors (Lipinski definition) is 0. The minimum atomic E-state index is -3.85. The lowest BCUT2D eigenvalue weighted by atomic mass is 9.80. The van der Waals surface area contributed by atoms with Crippen molar-refractivity contribution in [2.24, 2.45) is 0 Å². The molecule has 0 radical (unpaired) electrons. The first-order valence-electron chi connectivity index (χ1n) is 10.5. The van der Waals surface area contributed by atoms with Crippen LogP contribution < -0.4 is 9.47 Å². The standard InChI is InChI=1S/C25H23NO6S/c1-16-8-10-18(11-9-16)33(28,29)26-14-17-6-4-5-7-19(17)25(15-26)20-12-13-21(30-2)23(31-3)22(20)24(27)32-25/h4-13H,14-15H2,1-3H3. The number of methoxy groups -OCH3 is 2. The zero-order valence-corrected chi connectivity index (χ0v) is 19.3. The molecule has 0 amide bonds. The molecule has 0 bridgehead atoms. The summed E-state index contributed by atoms with van der Waals surface area (Å²) < 4.78 is 45.5. The Labute approximate surface area is 192 Å². The van der Waals surface area contributed by atoms with Crippen molar-refractivity contribution in [2.45, 2.75) is 24.0 Å². The first-order valence-corrected chi connectivity index (χ1v) is 11.9. The SMILES string of the molecule is COc1ccc2c(c1OC)C(=O)OC21CN(S(=O)(=O)c2ccc(C)cc2)Cc2ccccc21. The summed E-state index contributed by atoms with van der Waals surface area (Å²) in [4.78, 5) is 13.3. The monoisotopic (exact) mass is 465 g/mol. The molecule has 0 fully saturated rings. The van der Waals surface area contributed by atoms with E-state index in [1.807, 2.05) is 31.2 Å². The number of hydrogen-bond acceptors (Lipinski definition) is 6. The number of esters is 1. The molecule has 0 aromatic heterocycles.